The highest BCUT2D eigenvalue weighted by atomic mass is 19.4. The Labute approximate surface area is 214 Å². The van der Waals surface area contributed by atoms with Crippen LogP contribution in [0.15, 0.2) is 18.5 Å². The van der Waals surface area contributed by atoms with Crippen molar-refractivity contribution in [1.29, 1.82) is 0 Å². The van der Waals surface area contributed by atoms with Gasteiger partial charge in [0.2, 0.25) is 0 Å². The second kappa shape index (κ2) is 14.6. The van der Waals surface area contributed by atoms with Crippen LogP contribution in [0.4, 0.5) is 26.3 Å². The normalized spacial score (nSPS) is 24.4. The van der Waals surface area contributed by atoms with Crippen molar-refractivity contribution in [3.05, 3.63) is 18.5 Å². The number of rotatable bonds is 6. The first-order valence-electron chi connectivity index (χ1n) is 11.9. The summed E-state index contributed by atoms with van der Waals surface area (Å²) in [7, 11) is 0. The Morgan fingerprint density at radius 2 is 1.61 bits per heavy atom. The molecule has 0 unspecified atom stereocenters. The quantitative estimate of drug-likeness (QED) is 0.397. The van der Waals surface area contributed by atoms with Gasteiger partial charge < -0.3 is 24.4 Å². The summed E-state index contributed by atoms with van der Waals surface area (Å²) in [6, 6.07) is 3.15. The second-order valence-electron chi connectivity index (χ2n) is 8.72. The Balaban J connectivity index is 0.000000301. The molecule has 3 fully saturated rings. The van der Waals surface area contributed by atoms with E-state index in [2.05, 4.69) is 10.00 Å². The lowest BCUT2D eigenvalue weighted by Crippen LogP contribution is -2.47. The van der Waals surface area contributed by atoms with Gasteiger partial charge in [-0.3, -0.25) is 9.58 Å². The summed E-state index contributed by atoms with van der Waals surface area (Å²) >= 11 is 0. The standard InChI is InChI=1S/C18H29N3O3.2C2HF3O2/c1-4-16-18(24-10-1)17(14-21(16)15-5-12-22-13-6-15)23-11-3-9-20-8-2-7-19-20;2*3-2(4,5)1(6)7/h2,7-8,15-18H,1,3-6,9-14H2;2*(H,6,7)/t16-,17-,18+;;/m1../s1. The van der Waals surface area contributed by atoms with E-state index in [1.165, 1.54) is 12.8 Å². The van der Waals surface area contributed by atoms with Crippen molar-refractivity contribution in [3.63, 3.8) is 0 Å². The first kappa shape index (κ1) is 31.8. The van der Waals surface area contributed by atoms with E-state index in [0.29, 0.717) is 12.1 Å². The van der Waals surface area contributed by atoms with Gasteiger partial charge in [0, 0.05) is 64.0 Å². The van der Waals surface area contributed by atoms with Gasteiger partial charge in [0.25, 0.3) is 0 Å². The smallest absolute Gasteiger partial charge is 0.475 e. The van der Waals surface area contributed by atoms with Gasteiger partial charge in [-0.2, -0.15) is 31.4 Å². The molecule has 4 rings (SSSR count). The molecular formula is C22H31F6N3O7. The van der Waals surface area contributed by atoms with Crippen LogP contribution in [0, 0.1) is 0 Å². The number of fused-ring (bicyclic) bond motifs is 1. The van der Waals surface area contributed by atoms with Crippen LogP contribution < -0.4 is 0 Å². The van der Waals surface area contributed by atoms with E-state index < -0.39 is 24.3 Å². The molecule has 0 bridgehead atoms. The van der Waals surface area contributed by atoms with Crippen molar-refractivity contribution in [2.45, 2.75) is 75.3 Å². The zero-order chi connectivity index (χ0) is 28.3. The molecule has 0 aliphatic carbocycles. The number of ether oxygens (including phenoxy) is 3. The van der Waals surface area contributed by atoms with E-state index in [-0.39, 0.29) is 12.2 Å². The monoisotopic (exact) mass is 563 g/mol. The summed E-state index contributed by atoms with van der Waals surface area (Å²) in [5, 5.41) is 18.5. The third-order valence-electron chi connectivity index (χ3n) is 6.08. The second-order valence-corrected chi connectivity index (χ2v) is 8.72. The van der Waals surface area contributed by atoms with E-state index in [9.17, 15) is 26.3 Å². The highest BCUT2D eigenvalue weighted by Crippen LogP contribution is 2.34. The number of aromatic nitrogens is 2. The summed E-state index contributed by atoms with van der Waals surface area (Å²) in [5.41, 5.74) is 0. The van der Waals surface area contributed by atoms with E-state index in [1.807, 2.05) is 23.1 Å². The molecule has 4 heterocycles. The number of carboxylic acid groups (broad SMARTS) is 2. The van der Waals surface area contributed by atoms with Crippen LogP contribution in [-0.2, 0) is 30.3 Å². The van der Waals surface area contributed by atoms with Crippen LogP contribution in [0.25, 0.3) is 0 Å². The summed E-state index contributed by atoms with van der Waals surface area (Å²) < 4.78 is 83.4. The molecular weight excluding hydrogens is 532 g/mol. The number of likely N-dealkylation sites (tertiary alicyclic amines) is 1. The molecule has 218 valence electrons. The van der Waals surface area contributed by atoms with Crippen LogP contribution in [0.2, 0.25) is 0 Å². The summed E-state index contributed by atoms with van der Waals surface area (Å²) in [6.45, 7) is 5.39. The largest absolute Gasteiger partial charge is 0.490 e. The third-order valence-corrected chi connectivity index (χ3v) is 6.08. The minimum Gasteiger partial charge on any atom is -0.475 e. The lowest BCUT2D eigenvalue weighted by Gasteiger charge is -2.38. The molecule has 3 aliphatic rings. The summed E-state index contributed by atoms with van der Waals surface area (Å²) in [6.07, 6.45) is -0.159. The van der Waals surface area contributed by atoms with Crippen molar-refractivity contribution in [2.75, 3.05) is 33.0 Å². The molecule has 38 heavy (non-hydrogen) atoms. The lowest BCUT2D eigenvalue weighted by atomic mass is 9.99. The molecule has 3 aliphatic heterocycles. The van der Waals surface area contributed by atoms with Crippen molar-refractivity contribution in [1.82, 2.24) is 14.7 Å². The highest BCUT2D eigenvalue weighted by molar-refractivity contribution is 5.73. The van der Waals surface area contributed by atoms with Crippen molar-refractivity contribution in [2.24, 2.45) is 0 Å². The highest BCUT2D eigenvalue weighted by Gasteiger charge is 2.47. The zero-order valence-electron chi connectivity index (χ0n) is 20.4. The summed E-state index contributed by atoms with van der Waals surface area (Å²) in [5.74, 6) is -5.51. The number of halogens is 6. The van der Waals surface area contributed by atoms with E-state index in [4.69, 9.17) is 34.0 Å². The maximum absolute atomic E-state index is 10.6. The molecule has 3 atom stereocenters. The van der Waals surface area contributed by atoms with Crippen molar-refractivity contribution in [3.8, 4) is 0 Å². The van der Waals surface area contributed by atoms with Gasteiger partial charge in [-0.1, -0.05) is 0 Å². The molecule has 0 spiro atoms. The Kier molecular flexibility index (Phi) is 12.3. The predicted molar refractivity (Wildman–Crippen MR) is 117 cm³/mol. The Morgan fingerprint density at radius 3 is 2.13 bits per heavy atom. The molecule has 0 saturated carbocycles. The molecule has 1 aromatic heterocycles. The SMILES string of the molecule is O=C(O)C(F)(F)F.O=C(O)C(F)(F)F.c1cnn(CCCO[C@@H]2CN(C3CCOCC3)[C@@H]3CCCO[C@@H]32)c1. The minimum absolute atomic E-state index is 0.218. The lowest BCUT2D eigenvalue weighted by molar-refractivity contribution is -0.193. The average Bonchev–Trinajstić information content (AvgIpc) is 3.50. The first-order chi connectivity index (χ1) is 17.8. The number of aliphatic carboxylic acids is 2. The van der Waals surface area contributed by atoms with Gasteiger partial charge in [-0.15, -0.1) is 0 Å². The van der Waals surface area contributed by atoms with E-state index in [0.717, 1.165) is 58.8 Å². The number of nitrogens with zero attached hydrogens (tertiary/aromatic N) is 3. The molecule has 16 heteroatoms. The molecule has 3 saturated heterocycles. The Hall–Kier alpha value is -2.43. The van der Waals surface area contributed by atoms with Crippen LogP contribution in [0.5, 0.6) is 0 Å². The van der Waals surface area contributed by atoms with Crippen LogP contribution >= 0.6 is 0 Å². The Morgan fingerprint density at radius 1 is 1.00 bits per heavy atom. The fourth-order valence-electron chi connectivity index (χ4n) is 4.42. The van der Waals surface area contributed by atoms with Gasteiger partial charge in [0.05, 0.1) is 6.10 Å². The fraction of sp³-hybridized carbons (Fsp3) is 0.773. The third kappa shape index (κ3) is 10.4. The van der Waals surface area contributed by atoms with E-state index >= 15 is 0 Å². The minimum atomic E-state index is -5.08. The van der Waals surface area contributed by atoms with Crippen LogP contribution in [0.1, 0.15) is 32.1 Å². The predicted octanol–water partition coefficient (Wildman–Crippen LogP) is 2.97. The number of aryl methyl sites for hydroxylation is 1. The van der Waals surface area contributed by atoms with Crippen molar-refractivity contribution < 1.29 is 60.4 Å². The van der Waals surface area contributed by atoms with Gasteiger partial charge >= 0.3 is 24.3 Å². The molecule has 0 radical (unpaired) electrons. The van der Waals surface area contributed by atoms with Gasteiger partial charge in [0.15, 0.2) is 0 Å². The van der Waals surface area contributed by atoms with Crippen LogP contribution in [-0.4, -0.2) is 106 Å². The van der Waals surface area contributed by atoms with Crippen LogP contribution in [0.3, 0.4) is 0 Å². The molecule has 0 amide bonds. The summed E-state index contributed by atoms with van der Waals surface area (Å²) in [4.78, 5) is 20.5. The number of hydrogen-bond donors (Lipinski definition) is 2. The molecule has 1 aromatic rings. The first-order valence-corrected chi connectivity index (χ1v) is 11.9. The number of carbonyl (C=O) groups is 2. The van der Waals surface area contributed by atoms with E-state index in [1.54, 1.807) is 0 Å². The topological polar surface area (TPSA) is 123 Å². The number of alkyl halides is 6. The van der Waals surface area contributed by atoms with Crippen molar-refractivity contribution >= 4 is 11.9 Å². The van der Waals surface area contributed by atoms with Gasteiger partial charge in [0.1, 0.15) is 6.10 Å². The van der Waals surface area contributed by atoms with Gasteiger partial charge in [-0.05, 0) is 38.2 Å². The number of carboxylic acids is 2. The van der Waals surface area contributed by atoms with Gasteiger partial charge in [-0.25, -0.2) is 9.59 Å². The fourth-order valence-corrected chi connectivity index (χ4v) is 4.42. The maximum Gasteiger partial charge on any atom is 0.490 e. The maximum atomic E-state index is 10.6. The zero-order valence-corrected chi connectivity index (χ0v) is 20.4. The molecule has 10 nitrogen and oxygen atoms in total. The Bertz CT molecular complexity index is 823. The molecule has 0 aromatic carbocycles. The average molecular weight is 563 g/mol. The molecule has 2 N–H and O–H groups in total. The number of hydrogen-bond acceptors (Lipinski definition) is 7.